The Kier molecular flexibility index (Phi) is 4.59. The second-order valence-corrected chi connectivity index (χ2v) is 2.33. The van der Waals surface area contributed by atoms with Gasteiger partial charge in [0.05, 0.1) is 5.56 Å². The van der Waals surface area contributed by atoms with Crippen LogP contribution in [0, 0.1) is 0 Å². The molecule has 0 bridgehead atoms. The van der Waals surface area contributed by atoms with Crippen molar-refractivity contribution in [2.75, 3.05) is 5.73 Å². The summed E-state index contributed by atoms with van der Waals surface area (Å²) in [6, 6.07) is 4.44. The summed E-state index contributed by atoms with van der Waals surface area (Å²) in [6.45, 7) is 5.39. The van der Waals surface area contributed by atoms with Gasteiger partial charge in [0.15, 0.2) is 5.78 Å². The maximum atomic E-state index is 10.8. The van der Waals surface area contributed by atoms with Crippen molar-refractivity contribution >= 4 is 11.5 Å². The van der Waals surface area contributed by atoms with Crippen molar-refractivity contribution in [3.8, 4) is 5.75 Å². The Balaban J connectivity index is 0.000000671. The molecule has 1 rings (SSSR count). The van der Waals surface area contributed by atoms with Crippen LogP contribution in [0.1, 0.15) is 31.1 Å². The lowest BCUT2D eigenvalue weighted by atomic mass is 10.1. The Bertz CT molecular complexity index is 295. The molecule has 0 radical (unpaired) electrons. The lowest BCUT2D eigenvalue weighted by Crippen LogP contribution is -1.93. The molecule has 0 spiro atoms. The van der Waals surface area contributed by atoms with E-state index in [9.17, 15) is 4.79 Å². The average molecular weight is 181 g/mol. The molecule has 0 aliphatic heterocycles. The first-order valence-corrected chi connectivity index (χ1v) is 4.20. The normalized spacial score (nSPS) is 8.54. The van der Waals surface area contributed by atoms with Gasteiger partial charge in [-0.2, -0.15) is 0 Å². The minimum atomic E-state index is -0.164. The summed E-state index contributed by atoms with van der Waals surface area (Å²) < 4.78 is 0. The van der Waals surface area contributed by atoms with Gasteiger partial charge in [0.1, 0.15) is 5.75 Å². The summed E-state index contributed by atoms with van der Waals surface area (Å²) in [5.41, 5.74) is 6.11. The Morgan fingerprint density at radius 1 is 1.38 bits per heavy atom. The second kappa shape index (κ2) is 5.19. The number of nitrogen functional groups attached to an aromatic ring is 1. The van der Waals surface area contributed by atoms with Crippen molar-refractivity contribution in [2.45, 2.75) is 20.8 Å². The molecule has 1 aromatic carbocycles. The summed E-state index contributed by atoms with van der Waals surface area (Å²) in [5.74, 6) is -0.222. The van der Waals surface area contributed by atoms with Crippen LogP contribution in [0.2, 0.25) is 0 Å². The van der Waals surface area contributed by atoms with E-state index in [1.165, 1.54) is 19.1 Å². The Morgan fingerprint density at radius 3 is 2.31 bits per heavy atom. The number of carbonyl (C=O) groups excluding carboxylic acids is 1. The van der Waals surface area contributed by atoms with Crippen LogP contribution in [0.5, 0.6) is 5.75 Å². The van der Waals surface area contributed by atoms with Crippen LogP contribution in [0.25, 0.3) is 0 Å². The smallest absolute Gasteiger partial charge is 0.163 e. The van der Waals surface area contributed by atoms with Gasteiger partial charge in [-0.1, -0.05) is 13.8 Å². The van der Waals surface area contributed by atoms with Crippen molar-refractivity contribution in [1.82, 2.24) is 0 Å². The van der Waals surface area contributed by atoms with Gasteiger partial charge in [0.25, 0.3) is 0 Å². The Morgan fingerprint density at radius 2 is 1.92 bits per heavy atom. The third-order valence-electron chi connectivity index (χ3n) is 1.40. The lowest BCUT2D eigenvalue weighted by Gasteiger charge is -1.99. The SMILES string of the molecule is CC.CC(=O)c1ccc(N)cc1O. The average Bonchev–Trinajstić information content (AvgIpc) is 2.07. The van der Waals surface area contributed by atoms with E-state index >= 15 is 0 Å². The summed E-state index contributed by atoms with van der Waals surface area (Å²) >= 11 is 0. The molecule has 0 saturated carbocycles. The highest BCUT2D eigenvalue weighted by Gasteiger charge is 2.04. The van der Waals surface area contributed by atoms with E-state index in [4.69, 9.17) is 10.8 Å². The highest BCUT2D eigenvalue weighted by molar-refractivity contribution is 5.97. The maximum Gasteiger partial charge on any atom is 0.163 e. The third-order valence-corrected chi connectivity index (χ3v) is 1.40. The number of aromatic hydroxyl groups is 1. The summed E-state index contributed by atoms with van der Waals surface area (Å²) in [6.07, 6.45) is 0. The molecular weight excluding hydrogens is 166 g/mol. The molecule has 72 valence electrons. The molecule has 0 fully saturated rings. The number of nitrogens with two attached hydrogens (primary N) is 1. The fourth-order valence-electron chi connectivity index (χ4n) is 0.846. The van der Waals surface area contributed by atoms with Crippen LogP contribution in [-0.2, 0) is 0 Å². The zero-order valence-corrected chi connectivity index (χ0v) is 8.16. The largest absolute Gasteiger partial charge is 0.507 e. The summed E-state index contributed by atoms with van der Waals surface area (Å²) in [7, 11) is 0. The molecule has 3 nitrogen and oxygen atoms in total. The van der Waals surface area contributed by atoms with Crippen LogP contribution in [0.4, 0.5) is 5.69 Å². The number of phenolic OH excluding ortho intramolecular Hbond substituents is 1. The zero-order chi connectivity index (χ0) is 10.4. The van der Waals surface area contributed by atoms with Crippen molar-refractivity contribution in [3.63, 3.8) is 0 Å². The lowest BCUT2D eigenvalue weighted by molar-refractivity contribution is 0.101. The molecule has 0 aliphatic carbocycles. The highest BCUT2D eigenvalue weighted by Crippen LogP contribution is 2.19. The van der Waals surface area contributed by atoms with Crippen LogP contribution in [-0.4, -0.2) is 10.9 Å². The van der Waals surface area contributed by atoms with Gasteiger partial charge >= 0.3 is 0 Å². The number of Topliss-reactive ketones (excluding diaryl/α,β-unsaturated/α-hetero) is 1. The first-order valence-electron chi connectivity index (χ1n) is 4.20. The molecule has 3 N–H and O–H groups in total. The molecule has 0 aliphatic rings. The Hall–Kier alpha value is -1.51. The standard InChI is InChI=1S/C8H9NO2.C2H6/c1-5(10)7-3-2-6(9)4-8(7)11;1-2/h2-4,11H,9H2,1H3;1-2H3. The minimum Gasteiger partial charge on any atom is -0.507 e. The molecule has 0 amide bonds. The van der Waals surface area contributed by atoms with Gasteiger partial charge in [0, 0.05) is 11.8 Å². The van der Waals surface area contributed by atoms with E-state index in [2.05, 4.69) is 0 Å². The van der Waals surface area contributed by atoms with Crippen molar-refractivity contribution in [3.05, 3.63) is 23.8 Å². The minimum absolute atomic E-state index is 0.0579. The number of hydrogen-bond acceptors (Lipinski definition) is 3. The van der Waals surface area contributed by atoms with E-state index in [1.807, 2.05) is 13.8 Å². The van der Waals surface area contributed by atoms with Crippen LogP contribution in [0.15, 0.2) is 18.2 Å². The number of hydrogen-bond donors (Lipinski definition) is 2. The first kappa shape index (κ1) is 11.5. The van der Waals surface area contributed by atoms with E-state index in [0.717, 1.165) is 0 Å². The van der Waals surface area contributed by atoms with Gasteiger partial charge in [-0.15, -0.1) is 0 Å². The molecule has 3 heteroatoms. The fourth-order valence-corrected chi connectivity index (χ4v) is 0.846. The van der Waals surface area contributed by atoms with Gasteiger partial charge < -0.3 is 10.8 Å². The summed E-state index contributed by atoms with van der Waals surface area (Å²) in [4.78, 5) is 10.8. The number of anilines is 1. The van der Waals surface area contributed by atoms with E-state index in [0.29, 0.717) is 11.3 Å². The van der Waals surface area contributed by atoms with E-state index in [-0.39, 0.29) is 11.5 Å². The molecule has 0 atom stereocenters. The summed E-state index contributed by atoms with van der Waals surface area (Å²) in [5, 5.41) is 9.16. The molecular formula is C10H15NO2. The Labute approximate surface area is 78.2 Å². The number of phenols is 1. The first-order chi connectivity index (χ1) is 6.11. The number of benzene rings is 1. The maximum absolute atomic E-state index is 10.8. The molecule has 0 aromatic heterocycles. The molecule has 0 heterocycles. The molecule has 1 aromatic rings. The number of rotatable bonds is 1. The zero-order valence-electron chi connectivity index (χ0n) is 8.16. The monoisotopic (exact) mass is 181 g/mol. The topological polar surface area (TPSA) is 63.3 Å². The van der Waals surface area contributed by atoms with E-state index < -0.39 is 0 Å². The molecule has 13 heavy (non-hydrogen) atoms. The van der Waals surface area contributed by atoms with Crippen LogP contribution >= 0.6 is 0 Å². The van der Waals surface area contributed by atoms with Crippen molar-refractivity contribution < 1.29 is 9.90 Å². The molecule has 0 unspecified atom stereocenters. The van der Waals surface area contributed by atoms with Crippen molar-refractivity contribution in [2.24, 2.45) is 0 Å². The van der Waals surface area contributed by atoms with Crippen molar-refractivity contribution in [1.29, 1.82) is 0 Å². The quantitative estimate of drug-likeness (QED) is 0.515. The van der Waals surface area contributed by atoms with Gasteiger partial charge in [0.2, 0.25) is 0 Å². The van der Waals surface area contributed by atoms with Gasteiger partial charge in [-0.25, -0.2) is 0 Å². The third kappa shape index (κ3) is 3.15. The highest BCUT2D eigenvalue weighted by atomic mass is 16.3. The predicted octanol–water partition coefficient (Wildman–Crippen LogP) is 2.20. The predicted molar refractivity (Wildman–Crippen MR) is 53.9 cm³/mol. The van der Waals surface area contributed by atoms with Crippen LogP contribution in [0.3, 0.4) is 0 Å². The fraction of sp³-hybridized carbons (Fsp3) is 0.300. The van der Waals surface area contributed by atoms with Gasteiger partial charge in [-0.3, -0.25) is 4.79 Å². The van der Waals surface area contributed by atoms with E-state index in [1.54, 1.807) is 6.07 Å². The number of ketones is 1. The number of carbonyl (C=O) groups is 1. The molecule has 0 saturated heterocycles. The van der Waals surface area contributed by atoms with Crippen LogP contribution < -0.4 is 5.73 Å². The van der Waals surface area contributed by atoms with Gasteiger partial charge in [-0.05, 0) is 19.1 Å². The second-order valence-electron chi connectivity index (χ2n) is 2.33.